The molecule has 0 spiro atoms. The number of benzene rings is 2. The largest absolute Gasteiger partial charge is 0.367 e. The molecule has 0 aromatic heterocycles. The van der Waals surface area contributed by atoms with Crippen LogP contribution in [0, 0.1) is 5.41 Å². The van der Waals surface area contributed by atoms with Crippen molar-refractivity contribution in [3.05, 3.63) is 71.8 Å². The summed E-state index contributed by atoms with van der Waals surface area (Å²) in [5.41, 5.74) is 0.830. The summed E-state index contributed by atoms with van der Waals surface area (Å²) in [5.74, 6) is 0.568. The van der Waals surface area contributed by atoms with Crippen molar-refractivity contribution >= 4 is 39.6 Å². The predicted octanol–water partition coefficient (Wildman–Crippen LogP) is 4.08. The summed E-state index contributed by atoms with van der Waals surface area (Å²) >= 11 is 2.65. The van der Waals surface area contributed by atoms with Gasteiger partial charge in [0.05, 0.1) is 25.8 Å². The second-order valence-corrected chi connectivity index (χ2v) is 10.4. The quantitative estimate of drug-likeness (QED) is 0.397. The number of halogens is 1. The smallest absolute Gasteiger partial charge is 0.180 e. The van der Waals surface area contributed by atoms with Crippen LogP contribution in [0.4, 0.5) is 4.39 Å². The summed E-state index contributed by atoms with van der Waals surface area (Å²) in [7, 11) is 0. The molecule has 2 aromatic carbocycles. The maximum absolute atomic E-state index is 16.2. The third kappa shape index (κ3) is 4.97. The van der Waals surface area contributed by atoms with E-state index in [0.29, 0.717) is 24.0 Å². The first-order valence-electron chi connectivity index (χ1n) is 11.8. The highest BCUT2D eigenvalue weighted by atomic mass is 32.2. The van der Waals surface area contributed by atoms with Crippen molar-refractivity contribution in [2.75, 3.05) is 19.1 Å². The molecule has 190 valence electrons. The third-order valence-electron chi connectivity index (χ3n) is 6.64. The van der Waals surface area contributed by atoms with E-state index in [9.17, 15) is 0 Å². The molecule has 36 heavy (non-hydrogen) atoms. The minimum atomic E-state index is -1.39. The molecule has 1 saturated carbocycles. The molecule has 2 aromatic rings. The number of aliphatic imine (C=N–C) groups is 2. The Balaban J connectivity index is 1.28. The number of amidine groups is 2. The van der Waals surface area contributed by atoms with E-state index >= 15 is 4.39 Å². The zero-order chi connectivity index (χ0) is 25.1. The molecule has 0 bridgehead atoms. The van der Waals surface area contributed by atoms with Crippen LogP contribution in [0.5, 0.6) is 0 Å². The molecule has 2 N–H and O–H groups in total. The maximum Gasteiger partial charge on any atom is 0.180 e. The first kappa shape index (κ1) is 25.4. The number of fused-ring (bicyclic) bond motifs is 1. The van der Waals surface area contributed by atoms with Crippen LogP contribution in [0.25, 0.3) is 0 Å². The fourth-order valence-electron chi connectivity index (χ4n) is 4.72. The molecule has 1 saturated heterocycles. The van der Waals surface area contributed by atoms with E-state index in [2.05, 4.69) is 15.3 Å². The first-order chi connectivity index (χ1) is 17.6. The first-order valence-corrected chi connectivity index (χ1v) is 14.2. The van der Waals surface area contributed by atoms with Crippen molar-refractivity contribution in [2.45, 2.75) is 49.3 Å². The van der Waals surface area contributed by atoms with Gasteiger partial charge in [-0.05, 0) is 23.6 Å². The lowest BCUT2D eigenvalue weighted by atomic mass is 10.0. The van der Waals surface area contributed by atoms with Crippen molar-refractivity contribution < 1.29 is 18.6 Å². The highest BCUT2D eigenvalue weighted by Crippen LogP contribution is 2.57. The monoisotopic (exact) mass is 528 g/mol. The van der Waals surface area contributed by atoms with Crippen molar-refractivity contribution in [2.24, 2.45) is 9.98 Å². The number of nitrogens with one attached hydrogen (secondary N) is 2. The van der Waals surface area contributed by atoms with Crippen molar-refractivity contribution in [3.63, 3.8) is 0 Å². The average Bonchev–Trinajstić information content (AvgIpc) is 3.17. The molecule has 6 atom stereocenters. The number of hydrogen-bond donors (Lipinski definition) is 2. The number of ether oxygens (including phenoxy) is 3. The van der Waals surface area contributed by atoms with Gasteiger partial charge in [-0.25, -0.2) is 9.38 Å². The Kier molecular flexibility index (Phi) is 7.78. The highest BCUT2D eigenvalue weighted by Gasteiger charge is 2.80. The molecule has 10 heteroatoms. The number of thioether (sulfide) groups is 2. The SMILES string of the molecule is CSC(=N)/N=C(/SC)C1=NCC([C@@H]2OC3C(OCc4ccccc4)[C@@]3(OCc3ccccc3)[C@H]2F)N1. The highest BCUT2D eigenvalue weighted by molar-refractivity contribution is 8.16. The topological polar surface area (TPSA) is 88.3 Å². The Morgan fingerprint density at radius 2 is 1.78 bits per heavy atom. The van der Waals surface area contributed by atoms with E-state index in [1.165, 1.54) is 23.5 Å². The van der Waals surface area contributed by atoms with E-state index in [4.69, 9.17) is 19.6 Å². The second-order valence-electron chi connectivity index (χ2n) is 8.84. The minimum Gasteiger partial charge on any atom is -0.367 e. The summed E-state index contributed by atoms with van der Waals surface area (Å²) < 4.78 is 34.8. The van der Waals surface area contributed by atoms with Gasteiger partial charge in [-0.1, -0.05) is 72.4 Å². The Labute approximate surface area is 218 Å². The van der Waals surface area contributed by atoms with Gasteiger partial charge < -0.3 is 19.5 Å². The molecule has 0 radical (unpaired) electrons. The summed E-state index contributed by atoms with van der Waals surface area (Å²) in [4.78, 5) is 8.83. The van der Waals surface area contributed by atoms with Gasteiger partial charge in [0, 0.05) is 0 Å². The van der Waals surface area contributed by atoms with Crippen LogP contribution in [0.1, 0.15) is 11.1 Å². The van der Waals surface area contributed by atoms with E-state index in [-0.39, 0.29) is 17.8 Å². The summed E-state index contributed by atoms with van der Waals surface area (Å²) in [5, 5.41) is 11.9. The van der Waals surface area contributed by atoms with Crippen molar-refractivity contribution in [1.82, 2.24) is 5.32 Å². The molecular formula is C26H29FN4O3S2. The van der Waals surface area contributed by atoms with Crippen LogP contribution in [-0.2, 0) is 27.4 Å². The Bertz CT molecular complexity index is 1140. The summed E-state index contributed by atoms with van der Waals surface area (Å²) in [6.45, 7) is 1.01. The average molecular weight is 529 g/mol. The van der Waals surface area contributed by atoms with E-state index in [0.717, 1.165) is 11.1 Å². The zero-order valence-corrected chi connectivity index (χ0v) is 21.7. The lowest BCUT2D eigenvalue weighted by molar-refractivity contribution is -0.0931. The maximum atomic E-state index is 16.2. The lowest BCUT2D eigenvalue weighted by Crippen LogP contribution is -2.50. The Morgan fingerprint density at radius 3 is 2.42 bits per heavy atom. The van der Waals surface area contributed by atoms with Crippen LogP contribution in [0.2, 0.25) is 0 Å². The minimum absolute atomic E-state index is 0.195. The fraction of sp³-hybridized carbons (Fsp3) is 0.423. The van der Waals surface area contributed by atoms with Gasteiger partial charge in [0.25, 0.3) is 0 Å². The molecule has 3 unspecified atom stereocenters. The summed E-state index contributed by atoms with van der Waals surface area (Å²) in [6.07, 6.45) is 0.581. The molecule has 2 fully saturated rings. The zero-order valence-electron chi connectivity index (χ0n) is 20.1. The van der Waals surface area contributed by atoms with Gasteiger partial charge in [-0.2, -0.15) is 0 Å². The van der Waals surface area contributed by atoms with Crippen molar-refractivity contribution in [1.29, 1.82) is 5.41 Å². The number of hydrogen-bond acceptors (Lipinski definition) is 8. The van der Waals surface area contributed by atoms with Crippen LogP contribution in [0.3, 0.4) is 0 Å². The van der Waals surface area contributed by atoms with E-state index < -0.39 is 30.1 Å². The van der Waals surface area contributed by atoms with Gasteiger partial charge in [-0.3, -0.25) is 10.4 Å². The number of nitrogens with zero attached hydrogens (tertiary/aromatic N) is 2. The van der Waals surface area contributed by atoms with Gasteiger partial charge >= 0.3 is 0 Å². The van der Waals surface area contributed by atoms with E-state index in [1.54, 1.807) is 6.26 Å². The molecule has 1 aliphatic carbocycles. The third-order valence-corrected chi connectivity index (χ3v) is 7.79. The lowest BCUT2D eigenvalue weighted by Gasteiger charge is -2.28. The molecule has 2 heterocycles. The Hall–Kier alpha value is -2.24. The van der Waals surface area contributed by atoms with Gasteiger partial charge in [0.1, 0.15) is 23.4 Å². The molecule has 7 nitrogen and oxygen atoms in total. The molecule has 2 aliphatic heterocycles. The van der Waals surface area contributed by atoms with Crippen LogP contribution < -0.4 is 5.32 Å². The fourth-order valence-corrected chi connectivity index (χ4v) is 5.46. The van der Waals surface area contributed by atoms with Crippen LogP contribution >= 0.6 is 23.5 Å². The number of rotatable bonds is 8. The van der Waals surface area contributed by atoms with Crippen molar-refractivity contribution in [3.8, 4) is 0 Å². The van der Waals surface area contributed by atoms with Gasteiger partial charge in [0.15, 0.2) is 22.8 Å². The predicted molar refractivity (Wildman–Crippen MR) is 144 cm³/mol. The van der Waals surface area contributed by atoms with E-state index in [1.807, 2.05) is 66.9 Å². The standard InChI is InChI=1S/C26H29FN4O3S2/c1-35-24(31-25(28)36-2)23-29-13-18(30-23)19-20(27)26(33-15-17-11-7-4-8-12-17)21(22(26)34-19)32-14-16-9-5-3-6-10-16/h3-12,18-22,28H,13-15H2,1-2H3,(H,29,30)/b28-25?,31-24+/t18?,19-,20-,21?,22?,26-/m0/s1. The normalized spacial score (nSPS) is 31.0. The molecule has 5 rings (SSSR count). The summed E-state index contributed by atoms with van der Waals surface area (Å²) in [6, 6.07) is 19.2. The molecular weight excluding hydrogens is 499 g/mol. The van der Waals surface area contributed by atoms with Crippen LogP contribution in [0.15, 0.2) is 70.6 Å². The molecule has 0 amide bonds. The van der Waals surface area contributed by atoms with Gasteiger partial charge in [0.2, 0.25) is 0 Å². The Morgan fingerprint density at radius 1 is 1.11 bits per heavy atom. The van der Waals surface area contributed by atoms with Crippen LogP contribution in [-0.4, -0.2) is 71.2 Å². The number of alkyl halides is 1. The van der Waals surface area contributed by atoms with Gasteiger partial charge in [-0.15, -0.1) is 11.8 Å². The second kappa shape index (κ2) is 11.0. The molecule has 3 aliphatic rings.